The molecule has 1 aromatic carbocycles. The summed E-state index contributed by atoms with van der Waals surface area (Å²) in [5.74, 6) is -0.238. The lowest BCUT2D eigenvalue weighted by Gasteiger charge is -2.28. The van der Waals surface area contributed by atoms with Gasteiger partial charge < -0.3 is 15.0 Å². The first-order chi connectivity index (χ1) is 20.4. The third-order valence-electron chi connectivity index (χ3n) is 6.49. The van der Waals surface area contributed by atoms with Crippen molar-refractivity contribution in [3.05, 3.63) is 98.2 Å². The molecule has 0 unspecified atom stereocenters. The number of alkyl carbamates (subject to hydrolysis) is 1. The van der Waals surface area contributed by atoms with Gasteiger partial charge in [0.1, 0.15) is 16.9 Å². The molecule has 0 saturated heterocycles. The summed E-state index contributed by atoms with van der Waals surface area (Å²) in [7, 11) is -3.87. The van der Waals surface area contributed by atoms with Gasteiger partial charge in [-0.25, -0.2) is 13.2 Å². The van der Waals surface area contributed by atoms with Crippen LogP contribution in [0, 0.1) is 0 Å². The van der Waals surface area contributed by atoms with Gasteiger partial charge >= 0.3 is 6.09 Å². The van der Waals surface area contributed by atoms with Crippen molar-refractivity contribution in [2.75, 3.05) is 19.6 Å². The highest BCUT2D eigenvalue weighted by Gasteiger charge is 2.29. The second-order valence-corrected chi connectivity index (χ2v) is 14.5. The lowest BCUT2D eigenvalue weighted by molar-refractivity contribution is -0.133. The van der Waals surface area contributed by atoms with E-state index in [0.717, 1.165) is 16.9 Å². The van der Waals surface area contributed by atoms with E-state index in [4.69, 9.17) is 4.74 Å². The lowest BCUT2D eigenvalue weighted by atomic mass is 10.1. The number of hydrogen-bond acceptors (Lipinski definition) is 8. The number of benzene rings is 1. The molecule has 0 saturated carbocycles. The molecule has 0 aliphatic heterocycles. The number of nitrogens with one attached hydrogen (secondary N) is 2. The summed E-state index contributed by atoms with van der Waals surface area (Å²) < 4.78 is 34.4. The monoisotopic (exact) mass is 645 g/mol. The predicted octanol–water partition coefficient (Wildman–Crippen LogP) is 5.93. The second kappa shape index (κ2) is 16.6. The average molecular weight is 646 g/mol. The molecule has 1 atom stereocenters. The van der Waals surface area contributed by atoms with Crippen molar-refractivity contribution in [2.24, 2.45) is 0 Å². The van der Waals surface area contributed by atoms with Gasteiger partial charge in [-0.05, 0) is 72.0 Å². The van der Waals surface area contributed by atoms with E-state index in [1.54, 1.807) is 39.0 Å². The summed E-state index contributed by atoms with van der Waals surface area (Å²) in [6.45, 7) is 1.53. The molecule has 0 radical (unpaired) electrons. The number of hydrogen-bond donors (Lipinski definition) is 2. The Balaban J connectivity index is 1.36. The van der Waals surface area contributed by atoms with Crippen molar-refractivity contribution in [2.45, 2.75) is 49.0 Å². The summed E-state index contributed by atoms with van der Waals surface area (Å²) in [6.07, 6.45) is 2.29. The van der Waals surface area contributed by atoms with Crippen molar-refractivity contribution in [1.82, 2.24) is 14.9 Å². The van der Waals surface area contributed by atoms with E-state index in [9.17, 15) is 18.0 Å². The highest BCUT2D eigenvalue weighted by Crippen LogP contribution is 2.19. The highest BCUT2D eigenvalue weighted by molar-refractivity contribution is 7.91. The van der Waals surface area contributed by atoms with Crippen molar-refractivity contribution in [1.29, 1.82) is 0 Å². The minimum Gasteiger partial charge on any atom is -0.445 e. The van der Waals surface area contributed by atoms with E-state index in [1.165, 1.54) is 15.8 Å². The molecular formula is C30H35N3O5S4. The van der Waals surface area contributed by atoms with E-state index in [-0.39, 0.29) is 16.7 Å². The van der Waals surface area contributed by atoms with Crippen LogP contribution in [-0.2, 0) is 39.0 Å². The summed E-state index contributed by atoms with van der Waals surface area (Å²) >= 11 is 4.40. The molecule has 0 spiro atoms. The largest absolute Gasteiger partial charge is 0.445 e. The standard InChI is InChI=1S/C30H35N3O5S4/c34-29(33(18-15-25-11-6-20-39-25)19-16-26-12-7-21-40-26)27(32-42(36,37)28-14-8-22-41-28)13-4-5-17-31-30(35)38-23-24-9-2-1-3-10-24/h1-3,6-12,14,20-22,27,32H,4-5,13,15-19,23H2,(H,31,35)/t27-/m0/s1. The Morgan fingerprint density at radius 3 is 2.05 bits per heavy atom. The zero-order chi connectivity index (χ0) is 29.6. The number of carbonyl (C=O) groups is 2. The average Bonchev–Trinajstić information content (AvgIpc) is 3.80. The Kier molecular flexibility index (Phi) is 12.6. The molecule has 0 aliphatic rings. The van der Waals surface area contributed by atoms with Crippen molar-refractivity contribution in [3.8, 4) is 0 Å². The first kappa shape index (κ1) is 31.9. The second-order valence-electron chi connectivity index (χ2n) is 9.57. The van der Waals surface area contributed by atoms with Crippen LogP contribution >= 0.6 is 34.0 Å². The molecule has 4 aromatic rings. The van der Waals surface area contributed by atoms with Crippen LogP contribution < -0.4 is 10.0 Å². The van der Waals surface area contributed by atoms with E-state index in [0.29, 0.717) is 51.7 Å². The van der Waals surface area contributed by atoms with Crippen LogP contribution in [-0.4, -0.2) is 51.0 Å². The van der Waals surface area contributed by atoms with E-state index < -0.39 is 22.2 Å². The number of ether oxygens (including phenoxy) is 1. The van der Waals surface area contributed by atoms with Crippen LogP contribution in [0.1, 0.15) is 34.6 Å². The van der Waals surface area contributed by atoms with Gasteiger partial charge in [-0.2, -0.15) is 4.72 Å². The van der Waals surface area contributed by atoms with Gasteiger partial charge in [0.05, 0.1) is 0 Å². The molecule has 0 bridgehead atoms. The molecule has 42 heavy (non-hydrogen) atoms. The molecule has 3 aromatic heterocycles. The summed E-state index contributed by atoms with van der Waals surface area (Å²) in [4.78, 5) is 30.1. The number of thiophene rings is 3. The molecule has 0 aliphatic carbocycles. The highest BCUT2D eigenvalue weighted by atomic mass is 32.2. The van der Waals surface area contributed by atoms with E-state index in [1.807, 2.05) is 65.4 Å². The molecule has 3 heterocycles. The topological polar surface area (TPSA) is 105 Å². The molecule has 4 rings (SSSR count). The van der Waals surface area contributed by atoms with Gasteiger partial charge in [-0.15, -0.1) is 34.0 Å². The zero-order valence-electron chi connectivity index (χ0n) is 23.1. The molecule has 12 heteroatoms. The van der Waals surface area contributed by atoms with E-state index in [2.05, 4.69) is 10.0 Å². The maximum Gasteiger partial charge on any atom is 0.407 e. The molecule has 2 amide bonds. The zero-order valence-corrected chi connectivity index (χ0v) is 26.4. The Hall–Kier alpha value is -3.03. The maximum atomic E-state index is 13.9. The predicted molar refractivity (Wildman–Crippen MR) is 170 cm³/mol. The molecule has 224 valence electrons. The maximum absolute atomic E-state index is 13.9. The summed E-state index contributed by atoms with van der Waals surface area (Å²) in [5.41, 5.74) is 0.898. The van der Waals surface area contributed by atoms with Crippen LogP contribution in [0.4, 0.5) is 4.79 Å². The third kappa shape index (κ3) is 10.4. The first-order valence-electron chi connectivity index (χ1n) is 13.7. The minimum absolute atomic E-state index is 0.173. The number of unbranched alkanes of at least 4 members (excludes halogenated alkanes) is 1. The van der Waals surface area contributed by atoms with Crippen LogP contribution in [0.5, 0.6) is 0 Å². The fraction of sp³-hybridized carbons (Fsp3) is 0.333. The van der Waals surface area contributed by atoms with Crippen LogP contribution in [0.25, 0.3) is 0 Å². The summed E-state index contributed by atoms with van der Waals surface area (Å²) in [6, 6.07) is 19.8. The number of nitrogens with zero attached hydrogens (tertiary/aromatic N) is 1. The van der Waals surface area contributed by atoms with Crippen molar-refractivity contribution < 1.29 is 22.7 Å². The van der Waals surface area contributed by atoms with Gasteiger partial charge in [-0.3, -0.25) is 4.79 Å². The number of sulfonamides is 1. The lowest BCUT2D eigenvalue weighted by Crippen LogP contribution is -2.49. The van der Waals surface area contributed by atoms with Crippen LogP contribution in [0.15, 0.2) is 87.1 Å². The fourth-order valence-electron chi connectivity index (χ4n) is 4.29. The Morgan fingerprint density at radius 2 is 1.45 bits per heavy atom. The number of rotatable bonds is 17. The number of amides is 2. The van der Waals surface area contributed by atoms with Crippen LogP contribution in [0.2, 0.25) is 0 Å². The quantitative estimate of drug-likeness (QED) is 0.139. The van der Waals surface area contributed by atoms with Crippen molar-refractivity contribution in [3.63, 3.8) is 0 Å². The smallest absolute Gasteiger partial charge is 0.407 e. The molecule has 8 nitrogen and oxygen atoms in total. The van der Waals surface area contributed by atoms with Gasteiger partial charge in [0, 0.05) is 29.4 Å². The molecule has 0 fully saturated rings. The SMILES string of the molecule is O=C(NCCCC[C@H](NS(=O)(=O)c1cccs1)C(=O)N(CCc1cccs1)CCc1cccs1)OCc1ccccc1. The van der Waals surface area contributed by atoms with E-state index >= 15 is 0 Å². The normalized spacial score (nSPS) is 12.1. The Morgan fingerprint density at radius 1 is 0.810 bits per heavy atom. The van der Waals surface area contributed by atoms with Gasteiger partial charge in [0.15, 0.2) is 0 Å². The summed E-state index contributed by atoms with van der Waals surface area (Å²) in [5, 5.41) is 8.45. The van der Waals surface area contributed by atoms with Gasteiger partial charge in [0.2, 0.25) is 5.91 Å². The fourth-order valence-corrected chi connectivity index (χ4v) is 7.91. The minimum atomic E-state index is -3.87. The van der Waals surface area contributed by atoms with Gasteiger partial charge in [-0.1, -0.05) is 48.5 Å². The van der Waals surface area contributed by atoms with Crippen LogP contribution in [0.3, 0.4) is 0 Å². The number of carbonyl (C=O) groups excluding carboxylic acids is 2. The van der Waals surface area contributed by atoms with Gasteiger partial charge in [0.25, 0.3) is 10.0 Å². The molecular weight excluding hydrogens is 611 g/mol. The third-order valence-corrected chi connectivity index (χ3v) is 11.2. The first-order valence-corrected chi connectivity index (χ1v) is 17.9. The Bertz CT molecular complexity index is 1400. The Labute approximate surface area is 259 Å². The molecule has 2 N–H and O–H groups in total. The van der Waals surface area contributed by atoms with Crippen molar-refractivity contribution >= 4 is 56.0 Å².